The maximum atomic E-state index is 11.1. The molecule has 0 heterocycles. The third-order valence-electron chi connectivity index (χ3n) is 2.53. The van der Waals surface area contributed by atoms with Crippen LogP contribution in [0.2, 0.25) is 0 Å². The van der Waals surface area contributed by atoms with Gasteiger partial charge in [-0.1, -0.05) is 24.3 Å². The first-order valence-electron chi connectivity index (χ1n) is 5.42. The Morgan fingerprint density at radius 2 is 1.63 bits per heavy atom. The van der Waals surface area contributed by atoms with E-state index in [9.17, 15) is 14.9 Å². The summed E-state index contributed by atoms with van der Waals surface area (Å²) < 4.78 is 0. The number of nitro benzene ring substituents is 1. The predicted molar refractivity (Wildman–Crippen MR) is 69.8 cm³/mol. The van der Waals surface area contributed by atoms with E-state index in [2.05, 4.69) is 5.32 Å². The number of nitro groups is 1. The summed E-state index contributed by atoms with van der Waals surface area (Å²) in [6, 6.07) is 12.3. The lowest BCUT2D eigenvalue weighted by molar-refractivity contribution is -0.383. The van der Waals surface area contributed by atoms with E-state index in [1.807, 2.05) is 0 Å². The molecule has 0 spiro atoms. The standard InChI is InChI=1S/C13H10N2O4/c16-13(17)9-5-1-2-6-10(9)14-11-7-3-4-8-12(11)15(18)19/h1-8,14H,(H,16,17). The highest BCUT2D eigenvalue weighted by Gasteiger charge is 2.15. The van der Waals surface area contributed by atoms with E-state index in [1.54, 1.807) is 30.3 Å². The van der Waals surface area contributed by atoms with Gasteiger partial charge in [-0.25, -0.2) is 4.79 Å². The molecule has 0 unspecified atom stereocenters. The molecule has 0 atom stereocenters. The minimum Gasteiger partial charge on any atom is -0.478 e. The van der Waals surface area contributed by atoms with Gasteiger partial charge in [0.1, 0.15) is 5.69 Å². The summed E-state index contributed by atoms with van der Waals surface area (Å²) in [6.07, 6.45) is 0. The number of carbonyl (C=O) groups is 1. The fourth-order valence-corrected chi connectivity index (χ4v) is 1.66. The normalized spacial score (nSPS) is 9.89. The molecule has 2 rings (SSSR count). The second-order valence-electron chi connectivity index (χ2n) is 3.75. The first-order chi connectivity index (χ1) is 9.09. The summed E-state index contributed by atoms with van der Waals surface area (Å²) in [5.41, 5.74) is 0.508. The number of aromatic carboxylic acids is 1. The fourth-order valence-electron chi connectivity index (χ4n) is 1.66. The molecule has 0 saturated carbocycles. The summed E-state index contributed by atoms with van der Waals surface area (Å²) in [6.45, 7) is 0. The highest BCUT2D eigenvalue weighted by Crippen LogP contribution is 2.28. The Morgan fingerprint density at radius 3 is 2.26 bits per heavy atom. The van der Waals surface area contributed by atoms with Gasteiger partial charge in [-0.05, 0) is 18.2 Å². The zero-order chi connectivity index (χ0) is 13.8. The van der Waals surface area contributed by atoms with E-state index in [0.29, 0.717) is 5.69 Å². The first kappa shape index (κ1) is 12.6. The van der Waals surface area contributed by atoms with Crippen LogP contribution in [0.3, 0.4) is 0 Å². The van der Waals surface area contributed by atoms with Crippen molar-refractivity contribution in [2.45, 2.75) is 0 Å². The van der Waals surface area contributed by atoms with Crippen molar-refractivity contribution in [1.82, 2.24) is 0 Å². The number of rotatable bonds is 4. The molecule has 2 aromatic rings. The smallest absolute Gasteiger partial charge is 0.337 e. The second kappa shape index (κ2) is 5.18. The second-order valence-corrected chi connectivity index (χ2v) is 3.75. The Bertz CT molecular complexity index is 585. The molecular weight excluding hydrogens is 248 g/mol. The van der Waals surface area contributed by atoms with Crippen molar-refractivity contribution in [2.75, 3.05) is 5.32 Å². The minimum absolute atomic E-state index is 0.0562. The van der Waals surface area contributed by atoms with E-state index in [1.165, 1.54) is 18.2 Å². The highest BCUT2D eigenvalue weighted by atomic mass is 16.6. The van der Waals surface area contributed by atoms with Crippen LogP contribution in [0.4, 0.5) is 17.1 Å². The van der Waals surface area contributed by atoms with Gasteiger partial charge in [-0.15, -0.1) is 0 Å². The van der Waals surface area contributed by atoms with Crippen LogP contribution in [-0.2, 0) is 0 Å². The molecule has 2 aromatic carbocycles. The van der Waals surface area contributed by atoms with Crippen molar-refractivity contribution in [3.63, 3.8) is 0 Å². The van der Waals surface area contributed by atoms with E-state index < -0.39 is 10.9 Å². The average Bonchev–Trinajstić information content (AvgIpc) is 2.39. The highest BCUT2D eigenvalue weighted by molar-refractivity contribution is 5.95. The van der Waals surface area contributed by atoms with Gasteiger partial charge in [0.2, 0.25) is 0 Å². The predicted octanol–water partition coefficient (Wildman–Crippen LogP) is 3.04. The van der Waals surface area contributed by atoms with Gasteiger partial charge >= 0.3 is 5.97 Å². The third kappa shape index (κ3) is 2.68. The van der Waals surface area contributed by atoms with E-state index in [4.69, 9.17) is 5.11 Å². The zero-order valence-electron chi connectivity index (χ0n) is 9.74. The number of anilines is 2. The third-order valence-corrected chi connectivity index (χ3v) is 2.53. The Morgan fingerprint density at radius 1 is 1.05 bits per heavy atom. The molecule has 0 fully saturated rings. The van der Waals surface area contributed by atoms with E-state index >= 15 is 0 Å². The summed E-state index contributed by atoms with van der Waals surface area (Å²) >= 11 is 0. The number of para-hydroxylation sites is 3. The maximum absolute atomic E-state index is 11.1. The van der Waals surface area contributed by atoms with Crippen LogP contribution < -0.4 is 5.32 Å². The average molecular weight is 258 g/mol. The molecule has 0 aromatic heterocycles. The molecule has 0 aliphatic rings. The number of nitrogens with one attached hydrogen (secondary N) is 1. The van der Waals surface area contributed by atoms with Crippen molar-refractivity contribution in [3.8, 4) is 0 Å². The topological polar surface area (TPSA) is 92.5 Å². The summed E-state index contributed by atoms with van der Waals surface area (Å²) in [5.74, 6) is -1.10. The van der Waals surface area contributed by atoms with Crippen molar-refractivity contribution in [3.05, 3.63) is 64.2 Å². The summed E-state index contributed by atoms with van der Waals surface area (Å²) in [4.78, 5) is 21.4. The molecule has 96 valence electrons. The van der Waals surface area contributed by atoms with Gasteiger partial charge in [0.25, 0.3) is 5.69 Å². The van der Waals surface area contributed by atoms with Gasteiger partial charge in [-0.2, -0.15) is 0 Å². The molecule has 0 aliphatic heterocycles. The lowest BCUT2D eigenvalue weighted by atomic mass is 10.1. The molecule has 0 amide bonds. The Labute approximate surface area is 108 Å². The lowest BCUT2D eigenvalue weighted by Crippen LogP contribution is -2.03. The number of nitrogens with zero attached hydrogens (tertiary/aromatic N) is 1. The molecule has 6 heteroatoms. The number of benzene rings is 2. The molecular formula is C13H10N2O4. The molecule has 0 bridgehead atoms. The van der Waals surface area contributed by atoms with Crippen LogP contribution in [-0.4, -0.2) is 16.0 Å². The number of carboxylic acids is 1. The Kier molecular flexibility index (Phi) is 3.42. The van der Waals surface area contributed by atoms with Crippen LogP contribution in [0.15, 0.2) is 48.5 Å². The van der Waals surface area contributed by atoms with Crippen LogP contribution in [0.1, 0.15) is 10.4 Å². The largest absolute Gasteiger partial charge is 0.478 e. The molecule has 2 N–H and O–H groups in total. The minimum atomic E-state index is -1.10. The van der Waals surface area contributed by atoms with Crippen molar-refractivity contribution in [1.29, 1.82) is 0 Å². The molecule has 0 aliphatic carbocycles. The molecule has 0 saturated heterocycles. The number of carboxylic acid groups (broad SMARTS) is 1. The summed E-state index contributed by atoms with van der Waals surface area (Å²) in [7, 11) is 0. The Hall–Kier alpha value is -2.89. The van der Waals surface area contributed by atoms with Gasteiger partial charge in [-0.3, -0.25) is 10.1 Å². The first-order valence-corrected chi connectivity index (χ1v) is 5.42. The summed E-state index contributed by atoms with van der Waals surface area (Å²) in [5, 5.41) is 22.7. The van der Waals surface area contributed by atoms with Crippen molar-refractivity contribution in [2.24, 2.45) is 0 Å². The van der Waals surface area contributed by atoms with Gasteiger partial charge in [0, 0.05) is 6.07 Å². The van der Waals surface area contributed by atoms with Gasteiger partial charge in [0.15, 0.2) is 0 Å². The fraction of sp³-hybridized carbons (Fsp3) is 0. The zero-order valence-corrected chi connectivity index (χ0v) is 9.74. The van der Waals surface area contributed by atoms with Crippen LogP contribution in [0.25, 0.3) is 0 Å². The molecule has 0 radical (unpaired) electrons. The molecule has 6 nitrogen and oxygen atoms in total. The van der Waals surface area contributed by atoms with Crippen LogP contribution >= 0.6 is 0 Å². The SMILES string of the molecule is O=C(O)c1ccccc1Nc1ccccc1[N+](=O)[O-]. The lowest BCUT2D eigenvalue weighted by Gasteiger charge is -2.09. The number of hydrogen-bond donors (Lipinski definition) is 2. The van der Waals surface area contributed by atoms with Gasteiger partial charge < -0.3 is 10.4 Å². The van der Waals surface area contributed by atoms with Crippen molar-refractivity contribution >= 4 is 23.0 Å². The van der Waals surface area contributed by atoms with Crippen LogP contribution in [0.5, 0.6) is 0 Å². The monoisotopic (exact) mass is 258 g/mol. The number of hydrogen-bond acceptors (Lipinski definition) is 4. The van der Waals surface area contributed by atoms with Crippen LogP contribution in [0, 0.1) is 10.1 Å². The van der Waals surface area contributed by atoms with Crippen molar-refractivity contribution < 1.29 is 14.8 Å². The van der Waals surface area contributed by atoms with E-state index in [0.717, 1.165) is 0 Å². The quantitative estimate of drug-likeness (QED) is 0.649. The Balaban J connectivity index is 2.42. The molecule has 19 heavy (non-hydrogen) atoms. The van der Waals surface area contributed by atoms with Gasteiger partial charge in [0.05, 0.1) is 16.2 Å². The maximum Gasteiger partial charge on any atom is 0.337 e. The van der Waals surface area contributed by atoms with E-state index in [-0.39, 0.29) is 16.9 Å².